The van der Waals surface area contributed by atoms with Gasteiger partial charge in [-0.2, -0.15) is 13.2 Å². The van der Waals surface area contributed by atoms with Gasteiger partial charge in [-0.15, -0.1) is 0 Å². The van der Waals surface area contributed by atoms with Crippen LogP contribution in [0.15, 0.2) is 0 Å². The molecule has 0 unspecified atom stereocenters. The molecule has 0 aliphatic heterocycles. The molecule has 0 aromatic carbocycles. The molecule has 0 bridgehead atoms. The van der Waals surface area contributed by atoms with Crippen LogP contribution in [-0.4, -0.2) is 12.3 Å². The van der Waals surface area contributed by atoms with Crippen molar-refractivity contribution in [1.82, 2.24) is 11.1 Å². The Hall–Kier alpha value is -0.940. The molecule has 0 heterocycles. The molecule has 2 N–H and O–H groups in total. The fourth-order valence-electron chi connectivity index (χ4n) is 0.129. The molecule has 0 aliphatic carbocycles. The molecule has 8 heavy (non-hydrogen) atoms. The molecule has 47 valence electrons. The Balaban J connectivity index is 3.55. The maximum absolute atomic E-state index is 10.9. The van der Waals surface area contributed by atoms with Crippen molar-refractivity contribution < 1.29 is 18.0 Å². The van der Waals surface area contributed by atoms with Crippen LogP contribution >= 0.6 is 0 Å². The summed E-state index contributed by atoms with van der Waals surface area (Å²) >= 11 is 0. The average Bonchev–Trinajstić information content (AvgIpc) is 1.21. The van der Waals surface area contributed by atoms with Crippen LogP contribution in [0.2, 0.25) is 0 Å². The van der Waals surface area contributed by atoms with Crippen molar-refractivity contribution in [3.8, 4) is 0 Å². The Morgan fingerprint density at radius 3 is 1.88 bits per heavy atom. The minimum atomic E-state index is -4.77. The van der Waals surface area contributed by atoms with Crippen LogP contribution in [0.5, 0.6) is 0 Å². The van der Waals surface area contributed by atoms with Gasteiger partial charge in [0, 0.05) is 0 Å². The first kappa shape index (κ1) is 7.06. The van der Waals surface area contributed by atoms with E-state index in [2.05, 4.69) is 0 Å². The Bertz CT molecular complexity index is 97.9. The van der Waals surface area contributed by atoms with Crippen molar-refractivity contribution in [3.05, 3.63) is 0 Å². The van der Waals surface area contributed by atoms with Crippen LogP contribution in [0.25, 0.3) is 0 Å². The summed E-state index contributed by atoms with van der Waals surface area (Å²) in [5, 5.41) is 0.410. The van der Waals surface area contributed by atoms with Crippen molar-refractivity contribution in [3.63, 3.8) is 0 Å². The molecule has 0 spiro atoms. The second kappa shape index (κ2) is 1.89. The molecule has 1 radical (unpaired) electrons. The topological polar surface area (TPSA) is 52.9 Å². The van der Waals surface area contributed by atoms with Crippen molar-refractivity contribution in [2.24, 2.45) is 0 Å². The first-order valence-corrected chi connectivity index (χ1v) is 1.52. The average molecular weight is 127 g/mol. The highest BCUT2D eigenvalue weighted by atomic mass is 19.4. The second-order valence-corrected chi connectivity index (χ2v) is 0.952. The van der Waals surface area contributed by atoms with Crippen molar-refractivity contribution in [2.75, 3.05) is 0 Å². The van der Waals surface area contributed by atoms with Gasteiger partial charge in [-0.3, -0.25) is 0 Å². The van der Waals surface area contributed by atoms with Gasteiger partial charge in [0.05, 0.1) is 0 Å². The largest absolute Gasteiger partial charge is 0.486 e. The lowest BCUT2D eigenvalue weighted by molar-refractivity contribution is -0.145. The number of urea groups is 1. The molecule has 3 nitrogen and oxygen atoms in total. The smallest absolute Gasteiger partial charge is 0.248 e. The predicted molar refractivity (Wildman–Crippen MR) is 17.7 cm³/mol. The number of halogens is 3. The first-order valence-electron chi connectivity index (χ1n) is 1.52. The van der Waals surface area contributed by atoms with Crippen molar-refractivity contribution >= 4 is 6.03 Å². The number of rotatable bonds is 0. The van der Waals surface area contributed by atoms with Gasteiger partial charge in [0.25, 0.3) is 0 Å². The molecule has 0 aromatic heterocycles. The summed E-state index contributed by atoms with van der Waals surface area (Å²) in [6.45, 7) is 0. The normalized spacial score (nSPS) is 10.9. The van der Waals surface area contributed by atoms with E-state index in [9.17, 15) is 18.0 Å². The lowest BCUT2D eigenvalue weighted by Crippen LogP contribution is -2.36. The fourth-order valence-corrected chi connectivity index (χ4v) is 0.129. The second-order valence-electron chi connectivity index (χ2n) is 0.952. The molecule has 6 heteroatoms. The van der Waals surface area contributed by atoms with Gasteiger partial charge in [0.2, 0.25) is 0 Å². The van der Waals surface area contributed by atoms with E-state index in [0.29, 0.717) is 5.32 Å². The van der Waals surface area contributed by atoms with Gasteiger partial charge in [-0.1, -0.05) is 0 Å². The Morgan fingerprint density at radius 2 is 1.88 bits per heavy atom. The molecule has 0 fully saturated rings. The highest BCUT2D eigenvalue weighted by molar-refractivity contribution is 5.70. The summed E-state index contributed by atoms with van der Waals surface area (Å²) < 4.78 is 32.6. The van der Waals surface area contributed by atoms with E-state index in [-0.39, 0.29) is 0 Å². The fraction of sp³-hybridized carbons (Fsp3) is 0.500. The summed E-state index contributed by atoms with van der Waals surface area (Å²) in [7, 11) is 0. The summed E-state index contributed by atoms with van der Waals surface area (Å²) in [5.41, 5.74) is 5.76. The third kappa shape index (κ3) is 5.06. The number of carbonyl (C=O) groups excluding carboxylic acids is 1. The molecule has 0 saturated carbocycles. The monoisotopic (exact) mass is 127 g/mol. The van der Waals surface area contributed by atoms with Gasteiger partial charge < -0.3 is 0 Å². The van der Waals surface area contributed by atoms with E-state index in [0.717, 1.165) is 0 Å². The number of nitrogens with one attached hydrogen (secondary N) is 2. The predicted octanol–water partition coefficient (Wildman–Crippen LogP) is 0.499. The van der Waals surface area contributed by atoms with Gasteiger partial charge in [0.1, 0.15) is 0 Å². The van der Waals surface area contributed by atoms with Gasteiger partial charge in [0.15, 0.2) is 0 Å². The molecule has 0 rings (SSSR count). The zero-order valence-electron chi connectivity index (χ0n) is 3.54. The molecular weight excluding hydrogens is 125 g/mol. The summed E-state index contributed by atoms with van der Waals surface area (Å²) in [4.78, 5) is 9.29. The number of hydrogen-bond donors (Lipinski definition) is 1. The molecular formula is C2H2F3N2O. The van der Waals surface area contributed by atoms with Crippen molar-refractivity contribution in [2.45, 2.75) is 6.30 Å². The number of carbonyl (C=O) groups is 1. The van der Waals surface area contributed by atoms with E-state index in [1.807, 2.05) is 0 Å². The standard InChI is InChI=1S/C2H2F3N2O/c3-2(4,5)7-1(6)8/h6H,(H,7,8). The maximum atomic E-state index is 10.9. The van der Waals surface area contributed by atoms with E-state index in [1.165, 1.54) is 0 Å². The molecule has 2 amide bonds. The van der Waals surface area contributed by atoms with E-state index >= 15 is 0 Å². The third-order valence-electron chi connectivity index (χ3n) is 0.255. The highest BCUT2D eigenvalue weighted by Gasteiger charge is 2.28. The quantitative estimate of drug-likeness (QED) is 0.473. The van der Waals surface area contributed by atoms with Crippen LogP contribution in [-0.2, 0) is 0 Å². The van der Waals surface area contributed by atoms with E-state index < -0.39 is 12.3 Å². The summed E-state index contributed by atoms with van der Waals surface area (Å²) in [6, 6.07) is -1.85. The van der Waals surface area contributed by atoms with Crippen LogP contribution in [0.4, 0.5) is 18.0 Å². The first-order chi connectivity index (χ1) is 3.42. The third-order valence-corrected chi connectivity index (χ3v) is 0.255. The Labute approximate surface area is 42.7 Å². The van der Waals surface area contributed by atoms with Gasteiger partial charge >= 0.3 is 12.3 Å². The molecule has 0 atom stereocenters. The maximum Gasteiger partial charge on any atom is 0.486 e. The van der Waals surface area contributed by atoms with Crippen molar-refractivity contribution in [1.29, 1.82) is 0 Å². The number of amides is 2. The highest BCUT2D eigenvalue weighted by Crippen LogP contribution is 2.07. The minimum Gasteiger partial charge on any atom is -0.248 e. The SMILES string of the molecule is [NH]C(=O)NC(F)(F)F. The lowest BCUT2D eigenvalue weighted by atomic mass is 11.0. The lowest BCUT2D eigenvalue weighted by Gasteiger charge is -2.02. The van der Waals surface area contributed by atoms with Crippen LogP contribution in [0.1, 0.15) is 0 Å². The number of alkyl halides is 3. The van der Waals surface area contributed by atoms with Gasteiger partial charge in [-0.25, -0.2) is 15.8 Å². The van der Waals surface area contributed by atoms with E-state index in [1.54, 1.807) is 0 Å². The van der Waals surface area contributed by atoms with Gasteiger partial charge in [-0.05, 0) is 0 Å². The summed E-state index contributed by atoms with van der Waals surface area (Å²) in [6.07, 6.45) is -4.77. The number of hydrogen-bond acceptors (Lipinski definition) is 1. The minimum absolute atomic E-state index is 0.410. The molecule has 0 saturated heterocycles. The summed E-state index contributed by atoms with van der Waals surface area (Å²) in [5.74, 6) is 0. The Morgan fingerprint density at radius 1 is 1.50 bits per heavy atom. The molecule has 0 aromatic rings. The molecule has 0 aliphatic rings. The Kier molecular flexibility index (Phi) is 1.67. The zero-order valence-corrected chi connectivity index (χ0v) is 3.54. The van der Waals surface area contributed by atoms with Crippen LogP contribution in [0, 0.1) is 0 Å². The van der Waals surface area contributed by atoms with Crippen LogP contribution in [0.3, 0.4) is 0 Å². The van der Waals surface area contributed by atoms with E-state index in [4.69, 9.17) is 5.73 Å². The van der Waals surface area contributed by atoms with Crippen LogP contribution < -0.4 is 11.1 Å². The zero-order chi connectivity index (χ0) is 6.78.